The minimum absolute atomic E-state index is 0.00250. The van der Waals surface area contributed by atoms with E-state index in [1.54, 1.807) is 12.1 Å². The van der Waals surface area contributed by atoms with Crippen molar-refractivity contribution in [2.45, 2.75) is 37.0 Å². The number of carboxylic acids is 1. The Hall–Kier alpha value is -2.97. The van der Waals surface area contributed by atoms with Crippen molar-refractivity contribution in [2.24, 2.45) is 11.5 Å². The first-order chi connectivity index (χ1) is 15.5. The SMILES string of the molecule is NC(=O)CC(NC(=O)C(CS)NC(=O)C(Cc1ccc(O)cc1)NC(=O)C(N)CS)C(=O)O. The van der Waals surface area contributed by atoms with Crippen LogP contribution in [0, 0.1) is 0 Å². The van der Waals surface area contributed by atoms with Gasteiger partial charge in [0.2, 0.25) is 23.6 Å². The molecule has 0 heterocycles. The van der Waals surface area contributed by atoms with Gasteiger partial charge in [-0.1, -0.05) is 12.1 Å². The van der Waals surface area contributed by atoms with Gasteiger partial charge in [0.05, 0.1) is 12.5 Å². The van der Waals surface area contributed by atoms with Gasteiger partial charge in [0.1, 0.15) is 23.9 Å². The van der Waals surface area contributed by atoms with E-state index in [4.69, 9.17) is 16.6 Å². The molecule has 0 aliphatic carbocycles. The number of carboxylic acid groups (broad SMARTS) is 1. The Morgan fingerprint density at radius 3 is 1.85 bits per heavy atom. The highest BCUT2D eigenvalue weighted by atomic mass is 32.1. The summed E-state index contributed by atoms with van der Waals surface area (Å²) in [4.78, 5) is 59.9. The minimum atomic E-state index is -1.59. The molecule has 12 nitrogen and oxygen atoms in total. The number of carbonyl (C=O) groups is 5. The fourth-order valence-corrected chi connectivity index (χ4v) is 3.00. The molecular weight excluding hydrogens is 474 g/mol. The van der Waals surface area contributed by atoms with Gasteiger partial charge in [0.15, 0.2) is 0 Å². The van der Waals surface area contributed by atoms with Crippen LogP contribution in [0.4, 0.5) is 0 Å². The number of nitrogens with two attached hydrogens (primary N) is 2. The quantitative estimate of drug-likeness (QED) is 0.132. The fraction of sp³-hybridized carbons (Fsp3) is 0.421. The highest BCUT2D eigenvalue weighted by Gasteiger charge is 2.30. The van der Waals surface area contributed by atoms with E-state index >= 15 is 0 Å². The van der Waals surface area contributed by atoms with Gasteiger partial charge in [-0.15, -0.1) is 0 Å². The molecule has 0 bridgehead atoms. The summed E-state index contributed by atoms with van der Waals surface area (Å²) in [5, 5.41) is 25.6. The van der Waals surface area contributed by atoms with Crippen molar-refractivity contribution < 1.29 is 34.2 Å². The molecule has 0 radical (unpaired) electrons. The maximum absolute atomic E-state index is 12.9. The van der Waals surface area contributed by atoms with E-state index in [1.165, 1.54) is 12.1 Å². The van der Waals surface area contributed by atoms with Crippen molar-refractivity contribution in [3.8, 4) is 5.75 Å². The van der Waals surface area contributed by atoms with Crippen molar-refractivity contribution in [3.63, 3.8) is 0 Å². The molecule has 182 valence electrons. The molecule has 0 saturated heterocycles. The minimum Gasteiger partial charge on any atom is -0.508 e. The maximum Gasteiger partial charge on any atom is 0.326 e. The molecule has 14 heteroatoms. The Balaban J connectivity index is 2.99. The van der Waals surface area contributed by atoms with Crippen LogP contribution in [0.15, 0.2) is 24.3 Å². The van der Waals surface area contributed by atoms with Gasteiger partial charge in [-0.05, 0) is 17.7 Å². The van der Waals surface area contributed by atoms with Crippen molar-refractivity contribution in [1.29, 1.82) is 0 Å². The second kappa shape index (κ2) is 13.5. The molecule has 1 rings (SSSR count). The summed E-state index contributed by atoms with van der Waals surface area (Å²) >= 11 is 7.96. The molecular formula is C19H27N5O7S2. The molecule has 0 saturated carbocycles. The summed E-state index contributed by atoms with van der Waals surface area (Å²) in [5.74, 6) is -4.92. The van der Waals surface area contributed by atoms with Gasteiger partial charge in [0, 0.05) is 17.9 Å². The average molecular weight is 502 g/mol. The first-order valence-corrected chi connectivity index (χ1v) is 10.9. The summed E-state index contributed by atoms with van der Waals surface area (Å²) in [5.41, 5.74) is 11.2. The van der Waals surface area contributed by atoms with Crippen LogP contribution in [0.5, 0.6) is 5.75 Å². The van der Waals surface area contributed by atoms with Crippen LogP contribution in [-0.2, 0) is 30.4 Å². The van der Waals surface area contributed by atoms with Gasteiger partial charge < -0.3 is 37.6 Å². The van der Waals surface area contributed by atoms with Crippen molar-refractivity contribution in [2.75, 3.05) is 11.5 Å². The number of hydrogen-bond acceptors (Lipinski definition) is 9. The monoisotopic (exact) mass is 501 g/mol. The summed E-state index contributed by atoms with van der Waals surface area (Å²) in [6, 6.07) is 0.875. The lowest BCUT2D eigenvalue weighted by Crippen LogP contribution is -2.58. The number of hydrogen-bond donors (Lipinski definition) is 9. The van der Waals surface area contributed by atoms with E-state index in [1.807, 2.05) is 0 Å². The van der Waals surface area contributed by atoms with Crippen LogP contribution in [0.3, 0.4) is 0 Å². The highest BCUT2D eigenvalue weighted by molar-refractivity contribution is 7.80. The number of carbonyl (C=O) groups excluding carboxylic acids is 4. The Kier molecular flexibility index (Phi) is 11.5. The molecule has 0 aliphatic rings. The number of phenols is 1. The number of rotatable bonds is 13. The topological polar surface area (TPSA) is 214 Å². The van der Waals surface area contributed by atoms with Crippen LogP contribution in [0.2, 0.25) is 0 Å². The number of amides is 4. The number of benzene rings is 1. The second-order valence-electron chi connectivity index (χ2n) is 7.03. The molecule has 0 aromatic heterocycles. The molecule has 0 aliphatic heterocycles. The number of thiol groups is 2. The average Bonchev–Trinajstić information content (AvgIpc) is 2.76. The van der Waals surface area contributed by atoms with E-state index < -0.39 is 60.2 Å². The van der Waals surface area contributed by atoms with Gasteiger partial charge in [0.25, 0.3) is 0 Å². The lowest BCUT2D eigenvalue weighted by atomic mass is 10.0. The Bertz CT molecular complexity index is 869. The number of aliphatic carboxylic acids is 1. The largest absolute Gasteiger partial charge is 0.508 e. The lowest BCUT2D eigenvalue weighted by molar-refractivity contribution is -0.143. The molecule has 0 fully saturated rings. The summed E-state index contributed by atoms with van der Waals surface area (Å²) < 4.78 is 0. The van der Waals surface area contributed by atoms with Crippen LogP contribution in [0.1, 0.15) is 12.0 Å². The number of aromatic hydroxyl groups is 1. The lowest BCUT2D eigenvalue weighted by Gasteiger charge is -2.24. The third kappa shape index (κ3) is 9.59. The number of phenolic OH excluding ortho intramolecular Hbond substituents is 1. The zero-order chi connectivity index (χ0) is 25.1. The smallest absolute Gasteiger partial charge is 0.326 e. The molecule has 1 aromatic carbocycles. The Labute approximate surface area is 200 Å². The first-order valence-electron chi connectivity index (χ1n) is 9.65. The fourth-order valence-electron chi connectivity index (χ4n) is 2.58. The normalized spacial score (nSPS) is 14.3. The first kappa shape index (κ1) is 28.1. The van der Waals surface area contributed by atoms with E-state index in [9.17, 15) is 29.1 Å². The molecule has 1 aromatic rings. The predicted molar refractivity (Wildman–Crippen MR) is 125 cm³/mol. The van der Waals surface area contributed by atoms with Crippen LogP contribution in [-0.4, -0.2) is 75.5 Å². The van der Waals surface area contributed by atoms with E-state index in [-0.39, 0.29) is 23.7 Å². The third-order valence-corrected chi connectivity index (χ3v) is 5.14. The maximum atomic E-state index is 12.9. The van der Waals surface area contributed by atoms with Gasteiger partial charge >= 0.3 is 5.97 Å². The Morgan fingerprint density at radius 1 is 0.848 bits per heavy atom. The van der Waals surface area contributed by atoms with Crippen molar-refractivity contribution in [3.05, 3.63) is 29.8 Å². The number of nitrogens with one attached hydrogen (secondary N) is 3. The van der Waals surface area contributed by atoms with Crippen LogP contribution >= 0.6 is 25.3 Å². The number of primary amides is 1. The van der Waals surface area contributed by atoms with E-state index in [2.05, 4.69) is 41.2 Å². The summed E-state index contributed by atoms with van der Waals surface area (Å²) in [7, 11) is 0. The third-order valence-electron chi connectivity index (χ3n) is 4.38. The summed E-state index contributed by atoms with van der Waals surface area (Å²) in [6.45, 7) is 0. The van der Waals surface area contributed by atoms with E-state index in [0.29, 0.717) is 5.56 Å². The molecule has 0 spiro atoms. The second-order valence-corrected chi connectivity index (χ2v) is 7.76. The van der Waals surface area contributed by atoms with Crippen molar-refractivity contribution >= 4 is 54.9 Å². The molecule has 4 amide bonds. The zero-order valence-corrected chi connectivity index (χ0v) is 19.2. The standard InChI is InChI=1S/C19H27N5O7S2/c20-11(7-32)16(27)22-12(5-9-1-3-10(25)4-2-9)17(28)24-14(8-33)18(29)23-13(19(30)31)6-15(21)26/h1-4,11-14,25,32-33H,5-8,20H2,(H2,21,26)(H,22,27)(H,23,29)(H,24,28)(H,30,31). The molecule has 4 unspecified atom stereocenters. The van der Waals surface area contributed by atoms with Gasteiger partial charge in [-0.3, -0.25) is 19.2 Å². The van der Waals surface area contributed by atoms with Crippen molar-refractivity contribution in [1.82, 2.24) is 16.0 Å². The highest BCUT2D eigenvalue weighted by Crippen LogP contribution is 2.12. The van der Waals surface area contributed by atoms with E-state index in [0.717, 1.165) is 0 Å². The summed E-state index contributed by atoms with van der Waals surface area (Å²) in [6.07, 6.45) is -0.646. The van der Waals surface area contributed by atoms with Crippen LogP contribution in [0.25, 0.3) is 0 Å². The zero-order valence-electron chi connectivity index (χ0n) is 17.4. The van der Waals surface area contributed by atoms with Gasteiger partial charge in [-0.2, -0.15) is 25.3 Å². The van der Waals surface area contributed by atoms with Crippen LogP contribution < -0.4 is 27.4 Å². The molecule has 4 atom stereocenters. The Morgan fingerprint density at radius 2 is 1.36 bits per heavy atom. The predicted octanol–water partition coefficient (Wildman–Crippen LogP) is -2.46. The van der Waals surface area contributed by atoms with Gasteiger partial charge in [-0.25, -0.2) is 4.79 Å². The molecule has 9 N–H and O–H groups in total. The molecule has 33 heavy (non-hydrogen) atoms.